The van der Waals surface area contributed by atoms with Gasteiger partial charge >= 0.3 is 7.41 Å². The monoisotopic (exact) mass is 259 g/mol. The van der Waals surface area contributed by atoms with Gasteiger partial charge in [-0.1, -0.05) is 22.8 Å². The fourth-order valence-corrected chi connectivity index (χ4v) is 3.42. The van der Waals surface area contributed by atoms with Crippen LogP contribution in [0.1, 0.15) is 0 Å². The van der Waals surface area contributed by atoms with Crippen molar-refractivity contribution in [2.24, 2.45) is 0 Å². The van der Waals surface area contributed by atoms with Crippen molar-refractivity contribution in [2.45, 2.75) is 0 Å². The largest absolute Gasteiger partial charge is 0.420 e. The van der Waals surface area contributed by atoms with Crippen molar-refractivity contribution in [2.75, 3.05) is 0 Å². The Morgan fingerprint density at radius 2 is 1.78 bits per heavy atom. The first-order valence-electron chi connectivity index (χ1n) is 5.29. The lowest BCUT2D eigenvalue weighted by atomic mass is 10.3. The third-order valence-corrected chi connectivity index (χ3v) is 4.46. The van der Waals surface area contributed by atoms with E-state index in [0.29, 0.717) is 21.3 Å². The Balaban J connectivity index is 2.60. The topological polar surface area (TPSA) is 76.0 Å². The average molecular weight is 259 g/mol. The third kappa shape index (κ3) is 1.49. The molecule has 1 unspecified atom stereocenters. The van der Waals surface area contributed by atoms with Crippen LogP contribution in [0.5, 0.6) is 0 Å². The van der Waals surface area contributed by atoms with Crippen molar-refractivity contribution >= 4 is 34.4 Å². The number of nitrogens with zero attached hydrogens (tertiary/aromatic N) is 1. The molecule has 3 aromatic rings. The second-order valence-corrected chi connectivity index (χ2v) is 5.42. The molecule has 0 saturated heterocycles. The number of aromatic amines is 1. The van der Waals surface area contributed by atoms with E-state index in [1.807, 2.05) is 0 Å². The zero-order valence-corrected chi connectivity index (χ0v) is 10.1. The van der Waals surface area contributed by atoms with Crippen LogP contribution in [0.3, 0.4) is 0 Å². The maximum Gasteiger partial charge on any atom is 0.420 e. The van der Waals surface area contributed by atoms with E-state index in [4.69, 9.17) is 0 Å². The number of hydrogen-bond acceptors (Lipinski definition) is 3. The SMILES string of the molecule is O=[N+]([O-])c1cccc2c1[nH]c1ccccc1[p+]2=O. The highest BCUT2D eigenvalue weighted by molar-refractivity contribution is 7.48. The molecule has 0 aliphatic carbocycles. The van der Waals surface area contributed by atoms with E-state index in [2.05, 4.69) is 4.98 Å². The first-order chi connectivity index (χ1) is 8.68. The molecule has 3 rings (SSSR count). The molecule has 1 heterocycles. The molecule has 0 radical (unpaired) electrons. The number of non-ortho nitro benzene ring substituents is 1. The summed E-state index contributed by atoms with van der Waals surface area (Å²) >= 11 is 0. The molecule has 0 spiro atoms. The zero-order chi connectivity index (χ0) is 12.7. The predicted octanol–water partition coefficient (Wildman–Crippen LogP) is 3.97. The molecule has 0 aliphatic heterocycles. The van der Waals surface area contributed by atoms with E-state index in [9.17, 15) is 14.7 Å². The molecule has 0 bridgehead atoms. The summed E-state index contributed by atoms with van der Waals surface area (Å²) in [4.78, 5) is 13.5. The number of hydrogen-bond donors (Lipinski definition) is 1. The highest BCUT2D eigenvalue weighted by Gasteiger charge is 2.22. The lowest BCUT2D eigenvalue weighted by molar-refractivity contribution is -0.383. The molecule has 0 aliphatic rings. The summed E-state index contributed by atoms with van der Waals surface area (Å²) in [7, 11) is -1.78. The van der Waals surface area contributed by atoms with Gasteiger partial charge in [-0.05, 0) is 18.2 Å². The lowest BCUT2D eigenvalue weighted by Crippen LogP contribution is -1.90. The fourth-order valence-electron chi connectivity index (χ4n) is 2.00. The van der Waals surface area contributed by atoms with Crippen LogP contribution < -0.4 is 0 Å². The van der Waals surface area contributed by atoms with Crippen LogP contribution in [0.2, 0.25) is 0 Å². The van der Waals surface area contributed by atoms with Gasteiger partial charge in [-0.25, -0.2) is 0 Å². The number of aromatic nitrogens is 1. The minimum absolute atomic E-state index is 0.0506. The molecule has 0 fully saturated rings. The molecule has 1 N–H and O–H groups in total. The lowest BCUT2D eigenvalue weighted by Gasteiger charge is -1.96. The van der Waals surface area contributed by atoms with Crippen LogP contribution in [-0.2, 0) is 4.57 Å². The van der Waals surface area contributed by atoms with Gasteiger partial charge in [0.15, 0.2) is 5.52 Å². The average Bonchev–Trinajstić information content (AvgIpc) is 2.38. The zero-order valence-electron chi connectivity index (χ0n) is 9.16. The molecule has 0 saturated carbocycles. The number of H-pyrrole nitrogens is 1. The van der Waals surface area contributed by atoms with Crippen molar-refractivity contribution in [3.63, 3.8) is 0 Å². The van der Waals surface area contributed by atoms with Gasteiger partial charge in [0.2, 0.25) is 10.2 Å². The Labute approximate surface area is 102 Å². The van der Waals surface area contributed by atoms with Crippen molar-refractivity contribution < 1.29 is 9.49 Å². The number of rotatable bonds is 1. The second kappa shape index (κ2) is 3.89. The Hall–Kier alpha value is -2.26. The van der Waals surface area contributed by atoms with Gasteiger partial charge in [0.25, 0.3) is 5.69 Å². The Morgan fingerprint density at radius 3 is 2.56 bits per heavy atom. The Kier molecular flexibility index (Phi) is 2.35. The molecular formula is C12H8N2O3P+. The molecule has 18 heavy (non-hydrogen) atoms. The summed E-state index contributed by atoms with van der Waals surface area (Å²) in [5.74, 6) is 0. The summed E-state index contributed by atoms with van der Waals surface area (Å²) in [5, 5.41) is 12.1. The van der Waals surface area contributed by atoms with Crippen molar-refractivity contribution in [1.29, 1.82) is 0 Å². The Morgan fingerprint density at radius 1 is 1.06 bits per heavy atom. The standard InChI is InChI=1S/C12H8N2O3P/c15-14(16)9-5-3-7-11-12(9)13-8-4-1-2-6-10(8)18(11)17/h1-7H,(H,13,17)/q+1. The third-order valence-electron chi connectivity index (χ3n) is 2.82. The molecule has 88 valence electrons. The number of nitrogens with one attached hydrogen (secondary N) is 1. The maximum atomic E-state index is 12.4. The van der Waals surface area contributed by atoms with Gasteiger partial charge in [0, 0.05) is 6.07 Å². The molecule has 1 atom stereocenters. The van der Waals surface area contributed by atoms with Crippen LogP contribution >= 0.6 is 7.41 Å². The smallest absolute Gasteiger partial charge is 0.342 e. The molecule has 5 nitrogen and oxygen atoms in total. The summed E-state index contributed by atoms with van der Waals surface area (Å²) < 4.78 is 12.4. The molecular weight excluding hydrogens is 251 g/mol. The second-order valence-electron chi connectivity index (χ2n) is 3.86. The summed E-state index contributed by atoms with van der Waals surface area (Å²) in [6, 6.07) is 11.8. The van der Waals surface area contributed by atoms with Gasteiger partial charge < -0.3 is 4.98 Å². The molecule has 1 aromatic heterocycles. The van der Waals surface area contributed by atoms with Crippen LogP contribution in [0.15, 0.2) is 42.5 Å². The summed E-state index contributed by atoms with van der Waals surface area (Å²) in [6.07, 6.45) is 0. The van der Waals surface area contributed by atoms with Gasteiger partial charge in [0.1, 0.15) is 0 Å². The highest BCUT2D eigenvalue weighted by atomic mass is 31.1. The van der Waals surface area contributed by atoms with E-state index < -0.39 is 12.3 Å². The van der Waals surface area contributed by atoms with Crippen molar-refractivity contribution in [1.82, 2.24) is 4.98 Å². The maximum absolute atomic E-state index is 12.4. The van der Waals surface area contributed by atoms with Gasteiger partial charge in [-0.2, -0.15) is 0 Å². The molecule has 0 amide bonds. The van der Waals surface area contributed by atoms with Gasteiger partial charge in [-0.15, -0.1) is 0 Å². The number of para-hydroxylation sites is 2. The summed E-state index contributed by atoms with van der Waals surface area (Å²) in [5.41, 5.74) is 0.952. The van der Waals surface area contributed by atoms with Crippen molar-refractivity contribution in [3.05, 3.63) is 52.6 Å². The van der Waals surface area contributed by atoms with Gasteiger partial charge in [0.05, 0.1) is 10.4 Å². The minimum Gasteiger partial charge on any atom is -0.342 e. The normalized spacial score (nSPS) is 11.9. The quantitative estimate of drug-likeness (QED) is 0.408. The van der Waals surface area contributed by atoms with Crippen LogP contribution in [0.25, 0.3) is 21.3 Å². The number of benzene rings is 2. The fraction of sp³-hybridized carbons (Fsp3) is 0. The van der Waals surface area contributed by atoms with E-state index in [1.54, 1.807) is 36.4 Å². The van der Waals surface area contributed by atoms with Gasteiger partial charge in [-0.3, -0.25) is 10.1 Å². The predicted molar refractivity (Wildman–Crippen MR) is 70.1 cm³/mol. The highest BCUT2D eigenvalue weighted by Crippen LogP contribution is 2.37. The Bertz CT molecular complexity index is 841. The molecule has 6 heteroatoms. The van der Waals surface area contributed by atoms with Crippen LogP contribution in [-0.4, -0.2) is 9.91 Å². The van der Waals surface area contributed by atoms with Crippen LogP contribution in [0.4, 0.5) is 5.69 Å². The van der Waals surface area contributed by atoms with E-state index >= 15 is 0 Å². The minimum atomic E-state index is -1.78. The summed E-state index contributed by atoms with van der Waals surface area (Å²) in [6.45, 7) is 0. The first-order valence-corrected chi connectivity index (χ1v) is 6.55. The number of nitro benzene ring substituents is 1. The first kappa shape index (κ1) is 10.9. The van der Waals surface area contributed by atoms with E-state index in [1.165, 1.54) is 6.07 Å². The van der Waals surface area contributed by atoms with E-state index in [0.717, 1.165) is 0 Å². The number of nitro groups is 1. The van der Waals surface area contributed by atoms with Crippen molar-refractivity contribution in [3.8, 4) is 0 Å². The molecule has 2 aromatic carbocycles. The number of fused-ring (bicyclic) bond motifs is 2. The van der Waals surface area contributed by atoms with Crippen LogP contribution in [0, 0.1) is 10.1 Å². The van der Waals surface area contributed by atoms with E-state index in [-0.39, 0.29) is 5.69 Å².